The molecule has 1 aromatic carbocycles. The lowest BCUT2D eigenvalue weighted by atomic mass is 9.97. The fraction of sp³-hybridized carbons (Fsp3) is 0.500. The zero-order chi connectivity index (χ0) is 13.2. The highest BCUT2D eigenvalue weighted by atomic mass is 32.2. The Labute approximate surface area is 112 Å². The number of halogens is 1. The summed E-state index contributed by atoms with van der Waals surface area (Å²) in [6.07, 6.45) is 2.12. The smallest absolute Gasteiger partial charge is 0.161 e. The standard InChI is InChI=1S/C14H19FN2S/c1-4-14(5-2)9-18-13(17-14)16-12-7-6-11(15)8-10(12)3/h6-8H,4-5,9H2,1-3H3,(H,16,17). The molecule has 4 heteroatoms. The van der Waals surface area contributed by atoms with E-state index < -0.39 is 0 Å². The largest absolute Gasteiger partial charge is 0.335 e. The first-order valence-electron chi connectivity index (χ1n) is 6.34. The molecule has 98 valence electrons. The molecular weight excluding hydrogens is 247 g/mol. The van der Waals surface area contributed by atoms with Crippen molar-refractivity contribution in [2.75, 3.05) is 11.1 Å². The Morgan fingerprint density at radius 2 is 2.11 bits per heavy atom. The Hall–Kier alpha value is -1.03. The van der Waals surface area contributed by atoms with Crippen LogP contribution in [-0.2, 0) is 0 Å². The molecule has 0 aliphatic carbocycles. The minimum atomic E-state index is -0.199. The van der Waals surface area contributed by atoms with Gasteiger partial charge in [0.2, 0.25) is 0 Å². The van der Waals surface area contributed by atoms with Crippen molar-refractivity contribution < 1.29 is 4.39 Å². The second-order valence-electron chi connectivity index (χ2n) is 4.72. The minimum Gasteiger partial charge on any atom is -0.335 e. The van der Waals surface area contributed by atoms with E-state index in [1.807, 2.05) is 6.92 Å². The number of aliphatic imine (C=N–C) groups is 1. The highest BCUT2D eigenvalue weighted by molar-refractivity contribution is 8.14. The average molecular weight is 266 g/mol. The molecule has 1 N–H and O–H groups in total. The summed E-state index contributed by atoms with van der Waals surface area (Å²) < 4.78 is 13.0. The molecule has 0 bridgehead atoms. The number of aryl methyl sites for hydroxylation is 1. The van der Waals surface area contributed by atoms with Crippen LogP contribution in [0.5, 0.6) is 0 Å². The predicted octanol–water partition coefficient (Wildman–Crippen LogP) is 4.21. The van der Waals surface area contributed by atoms with Gasteiger partial charge in [0.15, 0.2) is 5.17 Å². The number of amidine groups is 1. The molecule has 0 spiro atoms. The third-order valence-corrected chi connectivity index (χ3v) is 4.71. The zero-order valence-electron chi connectivity index (χ0n) is 11.1. The minimum absolute atomic E-state index is 0.0843. The molecule has 2 rings (SSSR count). The van der Waals surface area contributed by atoms with E-state index in [0.29, 0.717) is 0 Å². The molecular formula is C14H19FN2S. The van der Waals surface area contributed by atoms with Crippen molar-refractivity contribution in [1.29, 1.82) is 0 Å². The Balaban J connectivity index is 2.15. The lowest BCUT2D eigenvalue weighted by molar-refractivity contribution is 0.456. The van der Waals surface area contributed by atoms with Gasteiger partial charge in [-0.1, -0.05) is 25.6 Å². The Morgan fingerprint density at radius 1 is 1.39 bits per heavy atom. The summed E-state index contributed by atoms with van der Waals surface area (Å²) in [6.45, 7) is 6.26. The second kappa shape index (κ2) is 5.31. The van der Waals surface area contributed by atoms with Crippen molar-refractivity contribution >= 4 is 22.6 Å². The number of hydrogen-bond donors (Lipinski definition) is 1. The van der Waals surface area contributed by atoms with E-state index in [2.05, 4.69) is 19.2 Å². The van der Waals surface area contributed by atoms with Crippen LogP contribution in [0.4, 0.5) is 10.1 Å². The van der Waals surface area contributed by atoms with Gasteiger partial charge < -0.3 is 5.32 Å². The van der Waals surface area contributed by atoms with E-state index in [0.717, 1.165) is 35.0 Å². The van der Waals surface area contributed by atoms with Crippen LogP contribution in [0, 0.1) is 12.7 Å². The molecule has 0 aromatic heterocycles. The van der Waals surface area contributed by atoms with Gasteiger partial charge in [0.05, 0.1) is 5.54 Å². The fourth-order valence-electron chi connectivity index (χ4n) is 2.04. The van der Waals surface area contributed by atoms with Crippen LogP contribution in [0.15, 0.2) is 23.2 Å². The molecule has 0 amide bonds. The third kappa shape index (κ3) is 2.69. The summed E-state index contributed by atoms with van der Waals surface area (Å²) in [5.74, 6) is 0.832. The maximum Gasteiger partial charge on any atom is 0.161 e. The molecule has 1 heterocycles. The number of thioether (sulfide) groups is 1. The van der Waals surface area contributed by atoms with Crippen molar-refractivity contribution in [3.63, 3.8) is 0 Å². The first-order chi connectivity index (χ1) is 8.58. The normalized spacial score (nSPS) is 17.7. The van der Waals surface area contributed by atoms with Crippen molar-refractivity contribution in [2.24, 2.45) is 4.99 Å². The Kier molecular flexibility index (Phi) is 3.95. The van der Waals surface area contributed by atoms with Crippen molar-refractivity contribution in [3.05, 3.63) is 29.6 Å². The molecule has 0 saturated heterocycles. The van der Waals surface area contributed by atoms with Gasteiger partial charge >= 0.3 is 0 Å². The molecule has 1 aliphatic heterocycles. The summed E-state index contributed by atoms with van der Waals surface area (Å²) >= 11 is 1.75. The van der Waals surface area contributed by atoms with Gasteiger partial charge in [0.1, 0.15) is 5.82 Å². The summed E-state index contributed by atoms with van der Waals surface area (Å²) in [5.41, 5.74) is 1.93. The number of anilines is 1. The van der Waals surface area contributed by atoms with Crippen molar-refractivity contribution in [2.45, 2.75) is 39.2 Å². The van der Waals surface area contributed by atoms with Gasteiger partial charge in [0.25, 0.3) is 0 Å². The van der Waals surface area contributed by atoms with Gasteiger partial charge in [-0.2, -0.15) is 0 Å². The Morgan fingerprint density at radius 3 is 2.67 bits per heavy atom. The number of rotatable bonds is 3. The van der Waals surface area contributed by atoms with E-state index in [4.69, 9.17) is 4.99 Å². The molecule has 0 fully saturated rings. The second-order valence-corrected chi connectivity index (χ2v) is 5.69. The van der Waals surface area contributed by atoms with Gasteiger partial charge in [-0.25, -0.2) is 4.39 Å². The number of benzene rings is 1. The molecule has 2 nitrogen and oxygen atoms in total. The topological polar surface area (TPSA) is 24.4 Å². The van der Waals surface area contributed by atoms with Gasteiger partial charge in [-0.3, -0.25) is 4.99 Å². The van der Waals surface area contributed by atoms with Gasteiger partial charge in [-0.15, -0.1) is 0 Å². The predicted molar refractivity (Wildman–Crippen MR) is 78.0 cm³/mol. The monoisotopic (exact) mass is 266 g/mol. The van der Waals surface area contributed by atoms with E-state index in [1.54, 1.807) is 17.8 Å². The van der Waals surface area contributed by atoms with Crippen molar-refractivity contribution in [1.82, 2.24) is 0 Å². The Bertz CT molecular complexity index is 467. The van der Waals surface area contributed by atoms with Crippen LogP contribution in [-0.4, -0.2) is 16.5 Å². The fourth-order valence-corrected chi connectivity index (χ4v) is 3.36. The first kappa shape index (κ1) is 13.4. The van der Waals surface area contributed by atoms with Crippen LogP contribution in [0.1, 0.15) is 32.3 Å². The maximum absolute atomic E-state index is 13.0. The molecule has 0 saturated carbocycles. The van der Waals surface area contributed by atoms with E-state index in [-0.39, 0.29) is 11.4 Å². The highest BCUT2D eigenvalue weighted by Gasteiger charge is 2.32. The van der Waals surface area contributed by atoms with Crippen LogP contribution in [0.25, 0.3) is 0 Å². The molecule has 18 heavy (non-hydrogen) atoms. The number of nitrogens with zero attached hydrogens (tertiary/aromatic N) is 1. The van der Waals surface area contributed by atoms with E-state index in [9.17, 15) is 4.39 Å². The molecule has 0 atom stereocenters. The van der Waals surface area contributed by atoms with Crippen molar-refractivity contribution in [3.8, 4) is 0 Å². The SMILES string of the molecule is CCC1(CC)CSC(Nc2ccc(F)cc2C)=N1. The van der Waals surface area contributed by atoms with Crippen LogP contribution >= 0.6 is 11.8 Å². The van der Waals surface area contributed by atoms with Crippen LogP contribution in [0.2, 0.25) is 0 Å². The summed E-state index contributed by atoms with van der Waals surface area (Å²) in [7, 11) is 0. The van der Waals surface area contributed by atoms with Gasteiger partial charge in [0, 0.05) is 11.4 Å². The summed E-state index contributed by atoms with van der Waals surface area (Å²) in [4.78, 5) is 4.79. The highest BCUT2D eigenvalue weighted by Crippen LogP contribution is 2.34. The lowest BCUT2D eigenvalue weighted by Gasteiger charge is -2.20. The van der Waals surface area contributed by atoms with E-state index in [1.165, 1.54) is 12.1 Å². The molecule has 0 radical (unpaired) electrons. The van der Waals surface area contributed by atoms with E-state index >= 15 is 0 Å². The lowest BCUT2D eigenvalue weighted by Crippen LogP contribution is -2.24. The average Bonchev–Trinajstić information content (AvgIpc) is 2.77. The van der Waals surface area contributed by atoms with Crippen LogP contribution < -0.4 is 5.32 Å². The number of hydrogen-bond acceptors (Lipinski definition) is 3. The maximum atomic E-state index is 13.0. The molecule has 1 aromatic rings. The summed E-state index contributed by atoms with van der Waals surface area (Å²) in [5, 5.41) is 4.26. The molecule has 0 unspecified atom stereocenters. The first-order valence-corrected chi connectivity index (χ1v) is 7.33. The van der Waals surface area contributed by atoms with Crippen LogP contribution in [0.3, 0.4) is 0 Å². The summed E-state index contributed by atoms with van der Waals surface area (Å²) in [6, 6.07) is 4.78. The quantitative estimate of drug-likeness (QED) is 0.886. The third-order valence-electron chi connectivity index (χ3n) is 3.56. The number of nitrogens with one attached hydrogen (secondary N) is 1. The van der Waals surface area contributed by atoms with Gasteiger partial charge in [-0.05, 0) is 43.5 Å². The zero-order valence-corrected chi connectivity index (χ0v) is 11.9. The molecule has 1 aliphatic rings.